The number of halogens is 1. The van der Waals surface area contributed by atoms with E-state index in [0.29, 0.717) is 28.3 Å². The second-order valence-corrected chi connectivity index (χ2v) is 6.33. The van der Waals surface area contributed by atoms with E-state index in [1.165, 1.54) is 0 Å². The van der Waals surface area contributed by atoms with Crippen molar-refractivity contribution in [3.8, 4) is 17.2 Å². The number of hydrogen-bond donors (Lipinski definition) is 0. The van der Waals surface area contributed by atoms with Crippen molar-refractivity contribution in [1.29, 1.82) is 0 Å². The highest BCUT2D eigenvalue weighted by atomic mass is 79.9. The quantitative estimate of drug-likeness (QED) is 0.341. The summed E-state index contributed by atoms with van der Waals surface area (Å²) in [5.74, 6) is 0.526. The van der Waals surface area contributed by atoms with Gasteiger partial charge in [-0.2, -0.15) is 0 Å². The molecule has 0 aliphatic carbocycles. The van der Waals surface area contributed by atoms with Gasteiger partial charge in [0.1, 0.15) is 11.3 Å². The van der Waals surface area contributed by atoms with Gasteiger partial charge >= 0.3 is 5.97 Å². The van der Waals surface area contributed by atoms with Crippen molar-refractivity contribution >= 4 is 33.0 Å². The number of esters is 1. The smallest absolute Gasteiger partial charge is 0.343 e. The molecule has 4 aromatic rings. The number of oxazole rings is 1. The first-order valence-electron chi connectivity index (χ1n) is 7.63. The first kappa shape index (κ1) is 15.6. The van der Waals surface area contributed by atoms with Crippen LogP contribution in [0.5, 0.6) is 5.75 Å². The van der Waals surface area contributed by atoms with Crippen LogP contribution in [-0.4, -0.2) is 11.0 Å². The van der Waals surface area contributed by atoms with Gasteiger partial charge in [-0.15, -0.1) is 0 Å². The van der Waals surface area contributed by atoms with E-state index in [1.54, 1.807) is 42.5 Å². The lowest BCUT2D eigenvalue weighted by Gasteiger charge is -2.04. The zero-order chi connectivity index (χ0) is 17.2. The predicted octanol–water partition coefficient (Wildman–Crippen LogP) is 5.48. The number of nitrogens with zero attached hydrogens (tertiary/aromatic N) is 1. The number of ether oxygens (including phenoxy) is 1. The minimum absolute atomic E-state index is 0.413. The van der Waals surface area contributed by atoms with Gasteiger partial charge in [0, 0.05) is 16.1 Å². The summed E-state index contributed by atoms with van der Waals surface area (Å²) in [4.78, 5) is 16.7. The fourth-order valence-corrected chi connectivity index (χ4v) is 2.69. The van der Waals surface area contributed by atoms with Crippen LogP contribution in [0.1, 0.15) is 10.4 Å². The summed E-state index contributed by atoms with van der Waals surface area (Å²) in [6.45, 7) is 0. The van der Waals surface area contributed by atoms with Crippen LogP contribution in [0.2, 0.25) is 0 Å². The van der Waals surface area contributed by atoms with Crippen molar-refractivity contribution < 1.29 is 13.9 Å². The van der Waals surface area contributed by atoms with Crippen LogP contribution >= 0.6 is 15.9 Å². The summed E-state index contributed by atoms with van der Waals surface area (Å²) < 4.78 is 12.1. The van der Waals surface area contributed by atoms with Crippen molar-refractivity contribution in [3.63, 3.8) is 0 Å². The summed E-state index contributed by atoms with van der Waals surface area (Å²) in [5, 5.41) is 0. The number of benzene rings is 3. The van der Waals surface area contributed by atoms with Crippen molar-refractivity contribution in [3.05, 3.63) is 82.8 Å². The topological polar surface area (TPSA) is 52.3 Å². The van der Waals surface area contributed by atoms with Crippen LogP contribution in [-0.2, 0) is 0 Å². The van der Waals surface area contributed by atoms with E-state index in [9.17, 15) is 4.79 Å². The van der Waals surface area contributed by atoms with Crippen molar-refractivity contribution in [2.75, 3.05) is 0 Å². The maximum Gasteiger partial charge on any atom is 0.343 e. The predicted molar refractivity (Wildman–Crippen MR) is 98.5 cm³/mol. The van der Waals surface area contributed by atoms with Crippen LogP contribution in [0, 0.1) is 0 Å². The zero-order valence-corrected chi connectivity index (χ0v) is 14.6. The first-order valence-corrected chi connectivity index (χ1v) is 8.42. The van der Waals surface area contributed by atoms with Crippen LogP contribution in [0.3, 0.4) is 0 Å². The standard InChI is InChI=1S/C20H12BrNO3/c21-15-8-6-14(7-9-15)20(23)24-16-10-11-17-18(12-16)25-19(22-17)13-4-2-1-3-5-13/h1-12H. The van der Waals surface area contributed by atoms with Crippen LogP contribution < -0.4 is 4.74 Å². The van der Waals surface area contributed by atoms with Crippen LogP contribution in [0.15, 0.2) is 81.7 Å². The van der Waals surface area contributed by atoms with Gasteiger partial charge in [-0.25, -0.2) is 9.78 Å². The Kier molecular flexibility index (Phi) is 4.07. The Morgan fingerprint density at radius 3 is 2.48 bits per heavy atom. The second kappa shape index (κ2) is 6.53. The minimum atomic E-state index is -0.422. The lowest BCUT2D eigenvalue weighted by molar-refractivity contribution is 0.0735. The number of aromatic nitrogens is 1. The second-order valence-electron chi connectivity index (χ2n) is 5.41. The molecule has 0 N–H and O–H groups in total. The molecule has 122 valence electrons. The number of fused-ring (bicyclic) bond motifs is 1. The van der Waals surface area contributed by atoms with Gasteiger partial charge in [-0.05, 0) is 48.5 Å². The van der Waals surface area contributed by atoms with E-state index < -0.39 is 5.97 Å². The van der Waals surface area contributed by atoms with E-state index in [4.69, 9.17) is 9.15 Å². The molecule has 3 aromatic carbocycles. The Morgan fingerprint density at radius 1 is 0.960 bits per heavy atom. The van der Waals surface area contributed by atoms with Crippen LogP contribution in [0.4, 0.5) is 0 Å². The fourth-order valence-electron chi connectivity index (χ4n) is 2.42. The molecule has 0 unspecified atom stereocenters. The van der Waals surface area contributed by atoms with Gasteiger partial charge in [-0.1, -0.05) is 34.1 Å². The highest BCUT2D eigenvalue weighted by Gasteiger charge is 2.12. The Balaban J connectivity index is 1.61. The average molecular weight is 394 g/mol. The lowest BCUT2D eigenvalue weighted by Crippen LogP contribution is -2.08. The summed E-state index contributed by atoms with van der Waals surface area (Å²) in [7, 11) is 0. The fraction of sp³-hybridized carbons (Fsp3) is 0. The maximum absolute atomic E-state index is 12.2. The maximum atomic E-state index is 12.2. The number of hydrogen-bond acceptors (Lipinski definition) is 4. The van der Waals surface area contributed by atoms with Gasteiger partial charge in [0.05, 0.1) is 5.56 Å². The molecule has 4 nitrogen and oxygen atoms in total. The molecule has 0 radical (unpaired) electrons. The molecule has 0 aliphatic rings. The van der Waals surface area contributed by atoms with Gasteiger partial charge < -0.3 is 9.15 Å². The molecule has 1 heterocycles. The monoisotopic (exact) mass is 393 g/mol. The molecule has 0 saturated carbocycles. The molecule has 25 heavy (non-hydrogen) atoms. The Labute approximate surface area is 152 Å². The molecule has 0 spiro atoms. The number of carbonyl (C=O) groups excluding carboxylic acids is 1. The molecular formula is C20H12BrNO3. The van der Waals surface area contributed by atoms with E-state index in [-0.39, 0.29) is 0 Å². The minimum Gasteiger partial charge on any atom is -0.436 e. The number of carbonyl (C=O) groups is 1. The highest BCUT2D eigenvalue weighted by Crippen LogP contribution is 2.27. The van der Waals surface area contributed by atoms with Crippen molar-refractivity contribution in [2.24, 2.45) is 0 Å². The summed E-state index contributed by atoms with van der Waals surface area (Å²) in [6, 6.07) is 21.8. The summed E-state index contributed by atoms with van der Waals surface area (Å²) in [5.41, 5.74) is 2.65. The zero-order valence-electron chi connectivity index (χ0n) is 13.0. The summed E-state index contributed by atoms with van der Waals surface area (Å²) in [6.07, 6.45) is 0. The number of rotatable bonds is 3. The Bertz CT molecular complexity index is 1040. The third kappa shape index (κ3) is 3.32. The van der Waals surface area contributed by atoms with E-state index in [0.717, 1.165) is 10.0 Å². The largest absolute Gasteiger partial charge is 0.436 e. The van der Waals surface area contributed by atoms with E-state index >= 15 is 0 Å². The third-order valence-corrected chi connectivity index (χ3v) is 4.20. The molecule has 0 atom stereocenters. The van der Waals surface area contributed by atoms with Gasteiger partial charge in [-0.3, -0.25) is 0 Å². The van der Waals surface area contributed by atoms with Gasteiger partial charge in [0.25, 0.3) is 0 Å². The molecule has 0 saturated heterocycles. The summed E-state index contributed by atoms with van der Waals surface area (Å²) >= 11 is 3.34. The first-order chi connectivity index (χ1) is 12.2. The molecule has 0 amide bonds. The highest BCUT2D eigenvalue weighted by molar-refractivity contribution is 9.10. The van der Waals surface area contributed by atoms with E-state index in [2.05, 4.69) is 20.9 Å². The van der Waals surface area contributed by atoms with E-state index in [1.807, 2.05) is 30.3 Å². The Hall–Kier alpha value is -2.92. The average Bonchev–Trinajstić information content (AvgIpc) is 3.06. The third-order valence-electron chi connectivity index (χ3n) is 3.67. The molecular weight excluding hydrogens is 382 g/mol. The molecule has 5 heteroatoms. The molecule has 1 aromatic heterocycles. The molecule has 4 rings (SSSR count). The normalized spacial score (nSPS) is 10.8. The Morgan fingerprint density at radius 2 is 1.72 bits per heavy atom. The molecule has 0 bridgehead atoms. The van der Waals surface area contributed by atoms with Crippen LogP contribution in [0.25, 0.3) is 22.6 Å². The lowest BCUT2D eigenvalue weighted by atomic mass is 10.2. The van der Waals surface area contributed by atoms with Gasteiger partial charge in [0.15, 0.2) is 5.58 Å². The molecule has 0 aliphatic heterocycles. The SMILES string of the molecule is O=C(Oc1ccc2nc(-c3ccccc3)oc2c1)c1ccc(Br)cc1. The van der Waals surface area contributed by atoms with Gasteiger partial charge in [0.2, 0.25) is 5.89 Å². The van der Waals surface area contributed by atoms with Crippen molar-refractivity contribution in [2.45, 2.75) is 0 Å². The molecule has 0 fully saturated rings. The van der Waals surface area contributed by atoms with Crippen molar-refractivity contribution in [1.82, 2.24) is 4.98 Å².